The molecule has 2 nitrogen and oxygen atoms in total. The zero-order valence-electron chi connectivity index (χ0n) is 12.5. The Hall–Kier alpha value is -2.35. The second-order valence-electron chi connectivity index (χ2n) is 5.08. The molecule has 0 N–H and O–H groups in total. The summed E-state index contributed by atoms with van der Waals surface area (Å²) in [5, 5.41) is 0. The zero-order valence-corrected chi connectivity index (χ0v) is 12.5. The first kappa shape index (κ1) is 15.0. The SMILES string of the molecule is C=C(C)C(=O)OC(CC)(c1ccccc1)c1ccccc1. The van der Waals surface area contributed by atoms with Crippen LogP contribution in [0, 0.1) is 0 Å². The molecule has 0 heterocycles. The van der Waals surface area contributed by atoms with Crippen LogP contribution in [0.25, 0.3) is 0 Å². The van der Waals surface area contributed by atoms with Crippen molar-refractivity contribution in [2.45, 2.75) is 25.9 Å². The molecule has 0 fully saturated rings. The predicted octanol–water partition coefficient (Wildman–Crippen LogP) is 4.46. The van der Waals surface area contributed by atoms with Crippen molar-refractivity contribution < 1.29 is 9.53 Å². The van der Waals surface area contributed by atoms with E-state index in [0.29, 0.717) is 12.0 Å². The molecule has 0 spiro atoms. The molecule has 108 valence electrons. The molecular formula is C19H20O2. The number of hydrogen-bond donors (Lipinski definition) is 0. The minimum Gasteiger partial charge on any atom is -0.446 e. The number of ether oxygens (including phenoxy) is 1. The second-order valence-corrected chi connectivity index (χ2v) is 5.08. The van der Waals surface area contributed by atoms with Gasteiger partial charge in [0.2, 0.25) is 0 Å². The normalized spacial score (nSPS) is 11.0. The van der Waals surface area contributed by atoms with Crippen LogP contribution in [-0.4, -0.2) is 5.97 Å². The van der Waals surface area contributed by atoms with Gasteiger partial charge in [-0.1, -0.05) is 74.2 Å². The fourth-order valence-electron chi connectivity index (χ4n) is 2.43. The lowest BCUT2D eigenvalue weighted by Crippen LogP contribution is -2.33. The van der Waals surface area contributed by atoms with Gasteiger partial charge in [0.15, 0.2) is 5.60 Å². The maximum Gasteiger partial charge on any atom is 0.334 e. The first-order chi connectivity index (χ1) is 10.1. The van der Waals surface area contributed by atoms with Gasteiger partial charge in [0.1, 0.15) is 0 Å². The first-order valence-electron chi connectivity index (χ1n) is 7.10. The molecule has 2 rings (SSSR count). The molecule has 0 saturated carbocycles. The summed E-state index contributed by atoms with van der Waals surface area (Å²) < 4.78 is 5.88. The number of benzene rings is 2. The molecule has 2 aromatic rings. The van der Waals surface area contributed by atoms with E-state index in [4.69, 9.17) is 4.74 Å². The molecular weight excluding hydrogens is 260 g/mol. The molecule has 0 amide bonds. The van der Waals surface area contributed by atoms with Crippen LogP contribution in [-0.2, 0) is 15.1 Å². The Balaban J connectivity index is 2.57. The second kappa shape index (κ2) is 6.40. The third kappa shape index (κ3) is 3.05. The van der Waals surface area contributed by atoms with Crippen LogP contribution in [0.5, 0.6) is 0 Å². The average Bonchev–Trinajstić information content (AvgIpc) is 2.54. The van der Waals surface area contributed by atoms with Crippen LogP contribution in [0.3, 0.4) is 0 Å². The summed E-state index contributed by atoms with van der Waals surface area (Å²) in [6, 6.07) is 19.7. The standard InChI is InChI=1S/C19H20O2/c1-4-19(21-18(20)15(2)3,16-11-7-5-8-12-16)17-13-9-6-10-14-17/h5-14H,2,4H2,1,3H3. The van der Waals surface area contributed by atoms with Crippen molar-refractivity contribution in [1.82, 2.24) is 0 Å². The monoisotopic (exact) mass is 280 g/mol. The summed E-state index contributed by atoms with van der Waals surface area (Å²) in [6.07, 6.45) is 0.653. The highest BCUT2D eigenvalue weighted by Gasteiger charge is 2.36. The van der Waals surface area contributed by atoms with E-state index in [9.17, 15) is 4.79 Å². The van der Waals surface area contributed by atoms with Gasteiger partial charge in [0.05, 0.1) is 0 Å². The molecule has 0 aliphatic carbocycles. The smallest absolute Gasteiger partial charge is 0.334 e. The fourth-order valence-corrected chi connectivity index (χ4v) is 2.43. The lowest BCUT2D eigenvalue weighted by molar-refractivity contribution is -0.152. The summed E-state index contributed by atoms with van der Waals surface area (Å²) in [4.78, 5) is 12.1. The lowest BCUT2D eigenvalue weighted by Gasteiger charge is -2.33. The molecule has 0 radical (unpaired) electrons. The Kier molecular flexibility index (Phi) is 4.59. The highest BCUT2D eigenvalue weighted by atomic mass is 16.6. The van der Waals surface area contributed by atoms with E-state index in [2.05, 4.69) is 6.58 Å². The summed E-state index contributed by atoms with van der Waals surface area (Å²) in [6.45, 7) is 7.37. The summed E-state index contributed by atoms with van der Waals surface area (Å²) in [5.41, 5.74) is 1.56. The van der Waals surface area contributed by atoms with Crippen LogP contribution in [0.15, 0.2) is 72.8 Å². The van der Waals surface area contributed by atoms with E-state index in [-0.39, 0.29) is 5.97 Å². The van der Waals surface area contributed by atoms with E-state index in [1.807, 2.05) is 67.6 Å². The molecule has 2 aromatic carbocycles. The number of hydrogen-bond acceptors (Lipinski definition) is 2. The molecule has 0 aromatic heterocycles. The van der Waals surface area contributed by atoms with Gasteiger partial charge >= 0.3 is 5.97 Å². The number of carbonyl (C=O) groups is 1. The minimum absolute atomic E-state index is 0.371. The van der Waals surface area contributed by atoms with Gasteiger partial charge in [-0.05, 0) is 13.3 Å². The number of rotatable bonds is 5. The Morgan fingerprint density at radius 2 is 1.43 bits per heavy atom. The van der Waals surface area contributed by atoms with E-state index >= 15 is 0 Å². The van der Waals surface area contributed by atoms with Crippen molar-refractivity contribution in [3.63, 3.8) is 0 Å². The number of esters is 1. The molecule has 21 heavy (non-hydrogen) atoms. The Labute approximate surface area is 126 Å². The van der Waals surface area contributed by atoms with Crippen LogP contribution in [0.2, 0.25) is 0 Å². The Morgan fingerprint density at radius 1 is 1.00 bits per heavy atom. The average molecular weight is 280 g/mol. The first-order valence-corrected chi connectivity index (χ1v) is 7.10. The van der Waals surface area contributed by atoms with Crippen molar-refractivity contribution in [2.24, 2.45) is 0 Å². The van der Waals surface area contributed by atoms with Crippen LogP contribution >= 0.6 is 0 Å². The molecule has 0 bridgehead atoms. The summed E-state index contributed by atoms with van der Waals surface area (Å²) in [7, 11) is 0. The molecule has 0 aliphatic rings. The van der Waals surface area contributed by atoms with Crippen LogP contribution in [0.4, 0.5) is 0 Å². The number of carbonyl (C=O) groups excluding carboxylic acids is 1. The Bertz CT molecular complexity index is 575. The van der Waals surface area contributed by atoms with Crippen molar-refractivity contribution >= 4 is 5.97 Å². The van der Waals surface area contributed by atoms with Gasteiger partial charge < -0.3 is 4.74 Å². The molecule has 0 atom stereocenters. The predicted molar refractivity (Wildman–Crippen MR) is 84.9 cm³/mol. The van der Waals surface area contributed by atoms with E-state index < -0.39 is 5.60 Å². The fraction of sp³-hybridized carbons (Fsp3) is 0.211. The molecule has 0 saturated heterocycles. The van der Waals surface area contributed by atoms with Crippen molar-refractivity contribution in [3.05, 3.63) is 83.9 Å². The largest absolute Gasteiger partial charge is 0.446 e. The third-order valence-electron chi connectivity index (χ3n) is 3.59. The van der Waals surface area contributed by atoms with E-state index in [0.717, 1.165) is 11.1 Å². The maximum atomic E-state index is 12.1. The van der Waals surface area contributed by atoms with Crippen LogP contribution in [0.1, 0.15) is 31.4 Å². The highest BCUT2D eigenvalue weighted by Crippen LogP contribution is 2.37. The Morgan fingerprint density at radius 3 is 1.76 bits per heavy atom. The molecule has 0 aliphatic heterocycles. The van der Waals surface area contributed by atoms with E-state index in [1.54, 1.807) is 6.92 Å². The van der Waals surface area contributed by atoms with Gasteiger partial charge in [-0.15, -0.1) is 0 Å². The zero-order chi connectivity index (χ0) is 15.3. The van der Waals surface area contributed by atoms with E-state index in [1.165, 1.54) is 0 Å². The van der Waals surface area contributed by atoms with Gasteiger partial charge in [-0.2, -0.15) is 0 Å². The van der Waals surface area contributed by atoms with Crippen molar-refractivity contribution in [2.75, 3.05) is 0 Å². The van der Waals surface area contributed by atoms with Gasteiger partial charge in [0, 0.05) is 16.7 Å². The molecule has 0 unspecified atom stereocenters. The summed E-state index contributed by atoms with van der Waals surface area (Å²) in [5.74, 6) is -0.371. The van der Waals surface area contributed by atoms with Gasteiger partial charge in [-0.25, -0.2) is 4.79 Å². The highest BCUT2D eigenvalue weighted by molar-refractivity contribution is 5.87. The van der Waals surface area contributed by atoms with Crippen molar-refractivity contribution in [3.8, 4) is 0 Å². The van der Waals surface area contributed by atoms with Gasteiger partial charge in [-0.3, -0.25) is 0 Å². The lowest BCUT2D eigenvalue weighted by atomic mass is 9.83. The van der Waals surface area contributed by atoms with Crippen molar-refractivity contribution in [1.29, 1.82) is 0 Å². The maximum absolute atomic E-state index is 12.1. The van der Waals surface area contributed by atoms with Gasteiger partial charge in [0.25, 0.3) is 0 Å². The molecule has 2 heteroatoms. The van der Waals surface area contributed by atoms with Crippen LogP contribution < -0.4 is 0 Å². The quantitative estimate of drug-likeness (QED) is 0.597. The minimum atomic E-state index is -0.779. The topological polar surface area (TPSA) is 26.3 Å². The third-order valence-corrected chi connectivity index (χ3v) is 3.59. The summed E-state index contributed by atoms with van der Waals surface area (Å²) >= 11 is 0.